The Balaban J connectivity index is 1.78. The Hall–Kier alpha value is -3.93. The van der Waals surface area contributed by atoms with E-state index in [0.29, 0.717) is 18.4 Å². The number of rotatable bonds is 13. The molecule has 3 saturated heterocycles. The Morgan fingerprint density at radius 2 is 1.51 bits per heavy atom. The third kappa shape index (κ3) is 9.83. The van der Waals surface area contributed by atoms with Gasteiger partial charge >= 0.3 is 23.9 Å². The molecule has 3 heterocycles. The van der Waals surface area contributed by atoms with Crippen molar-refractivity contribution < 1.29 is 71.3 Å². The number of unbranched alkanes of at least 4 members (excludes halogenated alkanes) is 1. The first-order valence-electron chi connectivity index (χ1n) is 15.8. The summed E-state index contributed by atoms with van der Waals surface area (Å²) in [5.74, 6) is -4.00. The molecular formula is C33H43NO15. The standard InChI is InChI=1S/C33H43NO15/c1-7-8-12-15-41-32-23(34-17(2)35)25(24-22(46-32)16-42-31(47-24)21-13-10-9-11-14-21)48-33-29(45-20(5)38)27(44-19(4)37)26(43-18(3)36)28(49-33)30(39)40-6/h7,9-11,13-14,22-29,31-33H,1,8,12,15-16H2,2-6H3,(H,34,35)/t22-,23-,24-,25-,26+,27+,28+,29-,31?,32-,33-/m1/s1. The number of methoxy groups -OCH3 is 1. The van der Waals surface area contributed by atoms with E-state index in [1.165, 1.54) is 6.92 Å². The van der Waals surface area contributed by atoms with Crippen LogP contribution in [0, 0.1) is 0 Å². The van der Waals surface area contributed by atoms with Crippen LogP contribution in [0.2, 0.25) is 0 Å². The number of nitrogens with one attached hydrogen (secondary N) is 1. The first-order chi connectivity index (χ1) is 23.4. The molecule has 270 valence electrons. The zero-order chi connectivity index (χ0) is 35.7. The maximum atomic E-state index is 13.0. The van der Waals surface area contributed by atoms with Crippen LogP contribution in [-0.4, -0.2) is 111 Å². The van der Waals surface area contributed by atoms with Gasteiger partial charge in [0.05, 0.1) is 20.3 Å². The first-order valence-corrected chi connectivity index (χ1v) is 15.8. The van der Waals surface area contributed by atoms with Crippen LogP contribution in [0.4, 0.5) is 0 Å². The molecule has 1 N–H and O–H groups in total. The first kappa shape index (κ1) is 37.9. The normalized spacial score (nSPS) is 32.5. The molecule has 49 heavy (non-hydrogen) atoms. The minimum atomic E-state index is -1.71. The average molecular weight is 694 g/mol. The molecule has 0 spiro atoms. The molecular weight excluding hydrogens is 650 g/mol. The van der Waals surface area contributed by atoms with Crippen molar-refractivity contribution >= 4 is 29.8 Å². The Morgan fingerprint density at radius 3 is 2.12 bits per heavy atom. The molecule has 1 unspecified atom stereocenters. The summed E-state index contributed by atoms with van der Waals surface area (Å²) in [5, 5.41) is 2.81. The van der Waals surface area contributed by atoms with Gasteiger partial charge in [-0.25, -0.2) is 4.79 Å². The minimum absolute atomic E-state index is 0.0255. The second kappa shape index (κ2) is 17.6. The number of carbonyl (C=O) groups is 5. The van der Waals surface area contributed by atoms with Crippen molar-refractivity contribution in [2.24, 2.45) is 0 Å². The molecule has 0 bridgehead atoms. The van der Waals surface area contributed by atoms with Crippen molar-refractivity contribution in [1.82, 2.24) is 5.32 Å². The SMILES string of the molecule is C=CCCCO[C@@H]1O[C@@H]2COC(c3ccccc3)O[C@H]2[C@H](O[C@@H]2O[C@H](C(=O)OC)[C@@H](OC(C)=O)[C@H](OC(C)=O)[C@H]2OC(C)=O)[C@H]1NC(C)=O. The van der Waals surface area contributed by atoms with Gasteiger partial charge in [0.25, 0.3) is 0 Å². The van der Waals surface area contributed by atoms with Crippen LogP contribution in [0.5, 0.6) is 0 Å². The summed E-state index contributed by atoms with van der Waals surface area (Å²) in [6, 6.07) is 8.02. The summed E-state index contributed by atoms with van der Waals surface area (Å²) in [4.78, 5) is 62.5. The second-order valence-electron chi connectivity index (χ2n) is 11.5. The van der Waals surface area contributed by atoms with E-state index in [1.54, 1.807) is 6.08 Å². The highest BCUT2D eigenvalue weighted by Crippen LogP contribution is 2.38. The van der Waals surface area contributed by atoms with Gasteiger partial charge in [-0.05, 0) is 12.8 Å². The number of amides is 1. The number of allylic oxidation sites excluding steroid dienone is 1. The van der Waals surface area contributed by atoms with Crippen molar-refractivity contribution in [2.45, 2.75) is 108 Å². The molecule has 11 atom stereocenters. The average Bonchev–Trinajstić information content (AvgIpc) is 3.05. The van der Waals surface area contributed by atoms with Crippen LogP contribution in [0.3, 0.4) is 0 Å². The number of fused-ring (bicyclic) bond motifs is 1. The molecule has 16 nitrogen and oxygen atoms in total. The Bertz CT molecular complexity index is 1320. The molecule has 16 heteroatoms. The molecule has 3 fully saturated rings. The molecule has 0 aliphatic carbocycles. The van der Waals surface area contributed by atoms with Gasteiger partial charge in [0, 0.05) is 33.3 Å². The van der Waals surface area contributed by atoms with E-state index in [-0.39, 0.29) is 13.2 Å². The number of carbonyl (C=O) groups excluding carboxylic acids is 5. The van der Waals surface area contributed by atoms with Crippen molar-refractivity contribution in [3.63, 3.8) is 0 Å². The third-order valence-electron chi connectivity index (χ3n) is 7.74. The van der Waals surface area contributed by atoms with Crippen LogP contribution in [0.15, 0.2) is 43.0 Å². The summed E-state index contributed by atoms with van der Waals surface area (Å²) < 4.78 is 58.7. The number of benzene rings is 1. The van der Waals surface area contributed by atoms with Crippen LogP contribution in [-0.2, 0) is 71.3 Å². The van der Waals surface area contributed by atoms with Gasteiger partial charge < -0.3 is 52.7 Å². The molecule has 4 rings (SSSR count). The number of esters is 4. The smallest absolute Gasteiger partial charge is 0.339 e. The summed E-state index contributed by atoms with van der Waals surface area (Å²) in [5.41, 5.74) is 0.690. The summed E-state index contributed by atoms with van der Waals surface area (Å²) in [6.45, 7) is 8.52. The van der Waals surface area contributed by atoms with E-state index in [0.717, 1.165) is 27.9 Å². The molecule has 0 saturated carbocycles. The Labute approximate surface area is 283 Å². The summed E-state index contributed by atoms with van der Waals surface area (Å²) in [6.07, 6.45) is -10.1. The maximum absolute atomic E-state index is 13.0. The van der Waals surface area contributed by atoms with Crippen LogP contribution >= 0.6 is 0 Å². The van der Waals surface area contributed by atoms with E-state index in [9.17, 15) is 24.0 Å². The summed E-state index contributed by atoms with van der Waals surface area (Å²) in [7, 11) is 1.08. The molecule has 3 aliphatic heterocycles. The van der Waals surface area contributed by atoms with Crippen molar-refractivity contribution in [2.75, 3.05) is 20.3 Å². The van der Waals surface area contributed by atoms with E-state index in [1.807, 2.05) is 30.3 Å². The highest BCUT2D eigenvalue weighted by Gasteiger charge is 2.59. The van der Waals surface area contributed by atoms with Crippen LogP contribution in [0.25, 0.3) is 0 Å². The van der Waals surface area contributed by atoms with Crippen molar-refractivity contribution in [3.8, 4) is 0 Å². The lowest BCUT2D eigenvalue weighted by Crippen LogP contribution is -2.70. The van der Waals surface area contributed by atoms with Gasteiger partial charge in [-0.1, -0.05) is 36.4 Å². The van der Waals surface area contributed by atoms with Gasteiger partial charge in [-0.2, -0.15) is 0 Å². The fourth-order valence-corrected chi connectivity index (χ4v) is 5.81. The fraction of sp³-hybridized carbons (Fsp3) is 0.606. The molecule has 1 amide bonds. The highest BCUT2D eigenvalue weighted by atomic mass is 16.8. The molecule has 0 aromatic heterocycles. The van der Waals surface area contributed by atoms with Gasteiger partial charge in [0.15, 0.2) is 43.3 Å². The maximum Gasteiger partial charge on any atom is 0.339 e. The molecule has 1 aromatic carbocycles. The summed E-state index contributed by atoms with van der Waals surface area (Å²) >= 11 is 0. The quantitative estimate of drug-likeness (QED) is 0.135. The predicted octanol–water partition coefficient (Wildman–Crippen LogP) is 1.39. The van der Waals surface area contributed by atoms with Gasteiger partial charge in [-0.3, -0.25) is 19.2 Å². The largest absolute Gasteiger partial charge is 0.467 e. The van der Waals surface area contributed by atoms with E-state index in [2.05, 4.69) is 11.9 Å². The Kier molecular flexibility index (Phi) is 13.6. The fourth-order valence-electron chi connectivity index (χ4n) is 5.81. The zero-order valence-corrected chi connectivity index (χ0v) is 28.0. The Morgan fingerprint density at radius 1 is 0.857 bits per heavy atom. The number of ether oxygens (including phenoxy) is 10. The lowest BCUT2D eigenvalue weighted by molar-refractivity contribution is -0.376. The molecule has 3 aliphatic rings. The lowest BCUT2D eigenvalue weighted by Gasteiger charge is -2.51. The lowest BCUT2D eigenvalue weighted by atomic mass is 9.94. The molecule has 0 radical (unpaired) electrons. The van der Waals surface area contributed by atoms with Gasteiger partial charge in [-0.15, -0.1) is 6.58 Å². The monoisotopic (exact) mass is 693 g/mol. The topological polar surface area (TPSA) is 190 Å². The number of hydrogen-bond donors (Lipinski definition) is 1. The van der Waals surface area contributed by atoms with E-state index >= 15 is 0 Å². The van der Waals surface area contributed by atoms with Gasteiger partial charge in [0.2, 0.25) is 5.91 Å². The minimum Gasteiger partial charge on any atom is -0.467 e. The van der Waals surface area contributed by atoms with Crippen molar-refractivity contribution in [1.29, 1.82) is 0 Å². The van der Waals surface area contributed by atoms with Crippen LogP contribution < -0.4 is 5.32 Å². The third-order valence-corrected chi connectivity index (χ3v) is 7.74. The number of hydrogen-bond acceptors (Lipinski definition) is 15. The van der Waals surface area contributed by atoms with E-state index < -0.39 is 97.4 Å². The zero-order valence-electron chi connectivity index (χ0n) is 28.0. The van der Waals surface area contributed by atoms with Crippen LogP contribution in [0.1, 0.15) is 52.4 Å². The van der Waals surface area contributed by atoms with Gasteiger partial charge in [0.1, 0.15) is 24.4 Å². The molecule has 1 aromatic rings. The van der Waals surface area contributed by atoms with E-state index in [4.69, 9.17) is 47.4 Å². The van der Waals surface area contributed by atoms with Crippen molar-refractivity contribution in [3.05, 3.63) is 48.6 Å². The second-order valence-corrected chi connectivity index (χ2v) is 11.5. The highest BCUT2D eigenvalue weighted by molar-refractivity contribution is 5.77. The predicted molar refractivity (Wildman–Crippen MR) is 164 cm³/mol.